The Kier molecular flexibility index (Phi) is 9.60. The van der Waals surface area contributed by atoms with Crippen molar-refractivity contribution >= 4 is 23.0 Å². The number of aromatic nitrogens is 1. The molecule has 1 N–H and O–H groups in total. The van der Waals surface area contributed by atoms with Gasteiger partial charge in [0.2, 0.25) is 5.78 Å². The summed E-state index contributed by atoms with van der Waals surface area (Å²) >= 11 is 1.27. The van der Waals surface area contributed by atoms with Crippen LogP contribution in [-0.4, -0.2) is 64.4 Å². The fourth-order valence-electron chi connectivity index (χ4n) is 4.93. The molecule has 4 rings (SSSR count). The van der Waals surface area contributed by atoms with Gasteiger partial charge in [0.05, 0.1) is 33.8 Å². The van der Waals surface area contributed by atoms with E-state index < -0.39 is 17.7 Å². The number of aliphatic hydroxyl groups excluding tert-OH is 1. The van der Waals surface area contributed by atoms with E-state index in [1.54, 1.807) is 17.9 Å². The molecule has 0 saturated carbocycles. The quantitative estimate of drug-likeness (QED) is 0.268. The summed E-state index contributed by atoms with van der Waals surface area (Å²) in [5.41, 5.74) is 2.33. The highest BCUT2D eigenvalue weighted by Gasteiger charge is 2.44. The number of thiazole rings is 1. The maximum atomic E-state index is 13.9. The molecular formula is C31H37N3O5S. The molecule has 1 amide bonds. The smallest absolute Gasteiger partial charge is 0.290 e. The first-order chi connectivity index (χ1) is 19.3. The van der Waals surface area contributed by atoms with Gasteiger partial charge in [0, 0.05) is 13.1 Å². The number of likely N-dealkylation sites (N-methyl/N-ethyl adjacent to an activating group) is 1. The first-order valence-electron chi connectivity index (χ1n) is 13.7. The van der Waals surface area contributed by atoms with Gasteiger partial charge in [0.1, 0.15) is 6.61 Å². The lowest BCUT2D eigenvalue weighted by Crippen LogP contribution is -2.38. The van der Waals surface area contributed by atoms with Crippen LogP contribution in [0.15, 0.2) is 59.9 Å². The van der Waals surface area contributed by atoms with Crippen LogP contribution in [0.1, 0.15) is 58.3 Å². The highest BCUT2D eigenvalue weighted by atomic mass is 32.1. The van der Waals surface area contributed by atoms with Gasteiger partial charge in [-0.05, 0) is 57.1 Å². The summed E-state index contributed by atoms with van der Waals surface area (Å²) < 4.78 is 12.0. The normalized spacial score (nSPS) is 15.3. The van der Waals surface area contributed by atoms with Gasteiger partial charge in [-0.2, -0.15) is 0 Å². The van der Waals surface area contributed by atoms with Gasteiger partial charge in [-0.15, -0.1) is 11.3 Å². The third-order valence-corrected chi connectivity index (χ3v) is 8.10. The van der Waals surface area contributed by atoms with Crippen molar-refractivity contribution in [3.05, 3.63) is 86.6 Å². The zero-order valence-electron chi connectivity index (χ0n) is 23.8. The van der Waals surface area contributed by atoms with Gasteiger partial charge in [-0.1, -0.05) is 50.2 Å². The van der Waals surface area contributed by atoms with Crippen molar-refractivity contribution in [1.29, 1.82) is 0 Å². The Morgan fingerprint density at radius 3 is 2.40 bits per heavy atom. The van der Waals surface area contributed by atoms with E-state index >= 15 is 0 Å². The van der Waals surface area contributed by atoms with E-state index in [1.807, 2.05) is 56.3 Å². The fourth-order valence-corrected chi connectivity index (χ4v) is 5.81. The predicted molar refractivity (Wildman–Crippen MR) is 156 cm³/mol. The lowest BCUT2D eigenvalue weighted by atomic mass is 9.94. The maximum absolute atomic E-state index is 13.9. The number of carbonyl (C=O) groups excluding carboxylic acids is 2. The first kappa shape index (κ1) is 29.3. The Balaban J connectivity index is 1.74. The summed E-state index contributed by atoms with van der Waals surface area (Å²) in [7, 11) is 0. The average molecular weight is 564 g/mol. The summed E-state index contributed by atoms with van der Waals surface area (Å²) in [5.74, 6) is -0.380. The van der Waals surface area contributed by atoms with Crippen molar-refractivity contribution in [2.24, 2.45) is 0 Å². The molecule has 0 bridgehead atoms. The van der Waals surface area contributed by atoms with Crippen LogP contribution in [-0.2, 0) is 11.4 Å². The molecule has 0 aliphatic carbocycles. The van der Waals surface area contributed by atoms with Gasteiger partial charge in [-0.25, -0.2) is 4.98 Å². The topological polar surface area (TPSA) is 92.2 Å². The van der Waals surface area contributed by atoms with Crippen LogP contribution in [0.4, 0.5) is 0 Å². The molecule has 0 radical (unpaired) electrons. The molecule has 212 valence electrons. The van der Waals surface area contributed by atoms with E-state index in [4.69, 9.17) is 9.47 Å². The molecule has 2 heterocycles. The van der Waals surface area contributed by atoms with Crippen molar-refractivity contribution in [2.75, 3.05) is 32.8 Å². The van der Waals surface area contributed by atoms with E-state index in [9.17, 15) is 14.7 Å². The standard InChI is InChI=1S/C31H37N3O5S/c1-6-33(7-2)16-17-34-27(26(29(36)31(34)37)28(35)30-20(4)32-21(5)40-30)23-14-15-24(25(18-23)38-8-3)39-19-22-12-10-9-11-13-22/h9-15,18,27,36H,6-8,16-17,19H2,1-5H3. The molecule has 1 aliphatic rings. The Bertz CT molecular complexity index is 1380. The molecule has 0 fully saturated rings. The number of amides is 1. The molecule has 1 atom stereocenters. The number of aryl methyl sites for hydroxylation is 2. The van der Waals surface area contributed by atoms with Gasteiger partial charge in [0.25, 0.3) is 5.91 Å². The predicted octanol–water partition coefficient (Wildman–Crippen LogP) is 5.66. The summed E-state index contributed by atoms with van der Waals surface area (Å²) in [4.78, 5) is 35.9. The number of ketones is 1. The first-order valence-corrected chi connectivity index (χ1v) is 14.5. The molecule has 1 aliphatic heterocycles. The van der Waals surface area contributed by atoms with Gasteiger partial charge in [0.15, 0.2) is 17.3 Å². The Hall–Kier alpha value is -3.69. The second-order valence-electron chi connectivity index (χ2n) is 9.58. The third-order valence-electron chi connectivity index (χ3n) is 7.03. The Morgan fingerprint density at radius 2 is 1.77 bits per heavy atom. The zero-order valence-corrected chi connectivity index (χ0v) is 24.6. The molecule has 1 aromatic heterocycles. The summed E-state index contributed by atoms with van der Waals surface area (Å²) in [6.07, 6.45) is 0. The minimum absolute atomic E-state index is 0.0664. The van der Waals surface area contributed by atoms with E-state index in [2.05, 4.69) is 23.7 Å². The van der Waals surface area contributed by atoms with Crippen LogP contribution in [0.25, 0.3) is 0 Å². The number of rotatable bonds is 13. The SMILES string of the molecule is CCOc1cc(C2C(C(=O)c3sc(C)nc3C)=C(O)C(=O)N2CCN(CC)CC)ccc1OCc1ccccc1. The largest absolute Gasteiger partial charge is 0.503 e. The van der Waals surface area contributed by atoms with Crippen LogP contribution in [0.3, 0.4) is 0 Å². The summed E-state index contributed by atoms with van der Waals surface area (Å²) in [5, 5.41) is 11.8. The number of nitrogens with zero attached hydrogens (tertiary/aromatic N) is 3. The second kappa shape index (κ2) is 13.1. The number of hydrogen-bond donors (Lipinski definition) is 1. The summed E-state index contributed by atoms with van der Waals surface area (Å²) in [6.45, 7) is 13.0. The van der Waals surface area contributed by atoms with Crippen LogP contribution in [0, 0.1) is 13.8 Å². The minimum Gasteiger partial charge on any atom is -0.503 e. The van der Waals surface area contributed by atoms with Crippen LogP contribution < -0.4 is 9.47 Å². The lowest BCUT2D eigenvalue weighted by Gasteiger charge is -2.29. The number of hydrogen-bond acceptors (Lipinski definition) is 8. The van der Waals surface area contributed by atoms with Gasteiger partial charge < -0.3 is 24.4 Å². The van der Waals surface area contributed by atoms with E-state index in [0.29, 0.717) is 53.9 Å². The molecule has 3 aromatic rings. The molecule has 0 spiro atoms. The third kappa shape index (κ3) is 6.21. The fraction of sp³-hybridized carbons (Fsp3) is 0.387. The Morgan fingerprint density at radius 1 is 1.05 bits per heavy atom. The van der Waals surface area contributed by atoms with E-state index in [0.717, 1.165) is 23.7 Å². The average Bonchev–Trinajstić information content (AvgIpc) is 3.43. The van der Waals surface area contributed by atoms with Crippen LogP contribution in [0.2, 0.25) is 0 Å². The Labute approximate surface area is 239 Å². The van der Waals surface area contributed by atoms with Gasteiger partial charge in [-0.3, -0.25) is 9.59 Å². The van der Waals surface area contributed by atoms with Crippen molar-refractivity contribution in [2.45, 2.75) is 47.3 Å². The number of Topliss-reactive ketones (excluding diaryl/α,β-unsaturated/α-hetero) is 1. The molecule has 1 unspecified atom stereocenters. The van der Waals surface area contributed by atoms with Crippen molar-refractivity contribution in [3.8, 4) is 11.5 Å². The monoisotopic (exact) mass is 563 g/mol. The number of aliphatic hydroxyl groups is 1. The highest BCUT2D eigenvalue weighted by Crippen LogP contribution is 2.42. The summed E-state index contributed by atoms with van der Waals surface area (Å²) in [6, 6.07) is 14.5. The molecule has 2 aromatic carbocycles. The van der Waals surface area contributed by atoms with E-state index in [-0.39, 0.29) is 11.4 Å². The second-order valence-corrected chi connectivity index (χ2v) is 10.8. The molecule has 8 nitrogen and oxygen atoms in total. The number of benzene rings is 2. The van der Waals surface area contributed by atoms with E-state index in [1.165, 1.54) is 11.3 Å². The van der Waals surface area contributed by atoms with Gasteiger partial charge >= 0.3 is 0 Å². The minimum atomic E-state index is -0.778. The van der Waals surface area contributed by atoms with Crippen molar-refractivity contribution in [3.63, 3.8) is 0 Å². The van der Waals surface area contributed by atoms with Crippen molar-refractivity contribution < 1.29 is 24.2 Å². The van der Waals surface area contributed by atoms with Crippen molar-refractivity contribution in [1.82, 2.24) is 14.8 Å². The van der Waals surface area contributed by atoms with Crippen LogP contribution >= 0.6 is 11.3 Å². The molecule has 9 heteroatoms. The molecule has 40 heavy (non-hydrogen) atoms. The number of carbonyl (C=O) groups is 2. The highest BCUT2D eigenvalue weighted by molar-refractivity contribution is 7.14. The van der Waals surface area contributed by atoms with Crippen LogP contribution in [0.5, 0.6) is 11.5 Å². The molecular weight excluding hydrogens is 526 g/mol. The maximum Gasteiger partial charge on any atom is 0.290 e. The zero-order chi connectivity index (χ0) is 28.8. The number of ether oxygens (including phenoxy) is 2. The molecule has 0 saturated heterocycles. The lowest BCUT2D eigenvalue weighted by molar-refractivity contribution is -0.129.